The molecule has 0 unspecified atom stereocenters. The predicted molar refractivity (Wildman–Crippen MR) is 63.7 cm³/mol. The number of H-pyrrole nitrogens is 1. The Labute approximate surface area is 101 Å². The summed E-state index contributed by atoms with van der Waals surface area (Å²) in [6, 6.07) is 0. The Morgan fingerprint density at radius 1 is 1.47 bits per heavy atom. The summed E-state index contributed by atoms with van der Waals surface area (Å²) in [4.78, 5) is 11.5. The monoisotopic (exact) mass is 237 g/mol. The molecule has 1 saturated carbocycles. The first-order valence-electron chi connectivity index (χ1n) is 6.25. The smallest absolute Gasteiger partial charge is 0.254 e. The van der Waals surface area contributed by atoms with Gasteiger partial charge in [-0.3, -0.25) is 9.89 Å². The van der Waals surface area contributed by atoms with E-state index in [2.05, 4.69) is 15.5 Å². The van der Waals surface area contributed by atoms with E-state index in [-0.39, 0.29) is 5.91 Å². The average Bonchev–Trinajstić information content (AvgIpc) is 2.89. The largest absolute Gasteiger partial charge is 0.376 e. The van der Waals surface area contributed by atoms with E-state index in [1.165, 1.54) is 25.5 Å². The molecule has 1 aromatic heterocycles. The Kier molecular flexibility index (Phi) is 4.55. The number of carbonyl (C=O) groups excluding carboxylic acids is 1. The summed E-state index contributed by atoms with van der Waals surface area (Å²) in [7, 11) is 0. The van der Waals surface area contributed by atoms with Gasteiger partial charge in [0.1, 0.15) is 0 Å². The van der Waals surface area contributed by atoms with Crippen LogP contribution >= 0.6 is 0 Å². The van der Waals surface area contributed by atoms with Gasteiger partial charge in [-0.2, -0.15) is 5.10 Å². The molecule has 17 heavy (non-hydrogen) atoms. The Morgan fingerprint density at radius 2 is 2.29 bits per heavy atom. The summed E-state index contributed by atoms with van der Waals surface area (Å²) >= 11 is 0. The highest BCUT2D eigenvalue weighted by Crippen LogP contribution is 2.19. The summed E-state index contributed by atoms with van der Waals surface area (Å²) in [6.45, 7) is 1.15. The van der Waals surface area contributed by atoms with E-state index >= 15 is 0 Å². The lowest BCUT2D eigenvalue weighted by molar-refractivity contribution is 0.0299. The number of amides is 1. The molecule has 0 aromatic carbocycles. The van der Waals surface area contributed by atoms with Gasteiger partial charge in [0, 0.05) is 12.7 Å². The van der Waals surface area contributed by atoms with Gasteiger partial charge in [0.15, 0.2) is 0 Å². The minimum atomic E-state index is -0.106. The third kappa shape index (κ3) is 3.85. The zero-order valence-electron chi connectivity index (χ0n) is 9.95. The molecule has 94 valence electrons. The average molecular weight is 237 g/mol. The third-order valence-corrected chi connectivity index (χ3v) is 3.05. The number of hydrogen-bond acceptors (Lipinski definition) is 3. The van der Waals surface area contributed by atoms with Crippen molar-refractivity contribution in [2.45, 2.75) is 38.2 Å². The first kappa shape index (κ1) is 12.1. The summed E-state index contributed by atoms with van der Waals surface area (Å²) < 4.78 is 5.71. The molecular formula is C12H19N3O2. The van der Waals surface area contributed by atoms with Crippen molar-refractivity contribution in [2.75, 3.05) is 13.2 Å². The Hall–Kier alpha value is -1.36. The molecule has 1 aromatic rings. The second-order valence-electron chi connectivity index (χ2n) is 4.37. The van der Waals surface area contributed by atoms with Crippen molar-refractivity contribution >= 4 is 5.91 Å². The summed E-state index contributed by atoms with van der Waals surface area (Å²) in [5, 5.41) is 9.14. The van der Waals surface area contributed by atoms with Crippen LogP contribution in [0.3, 0.4) is 0 Å². The molecule has 1 aliphatic carbocycles. The van der Waals surface area contributed by atoms with E-state index in [0.717, 1.165) is 12.8 Å². The molecule has 2 rings (SSSR count). The van der Waals surface area contributed by atoms with Crippen molar-refractivity contribution in [3.8, 4) is 0 Å². The Bertz CT molecular complexity index is 332. The Morgan fingerprint density at radius 3 is 3.00 bits per heavy atom. The quantitative estimate of drug-likeness (QED) is 0.762. The van der Waals surface area contributed by atoms with Gasteiger partial charge < -0.3 is 10.1 Å². The summed E-state index contributed by atoms with van der Waals surface area (Å²) in [5.74, 6) is -0.106. The summed E-state index contributed by atoms with van der Waals surface area (Å²) in [6.07, 6.45) is 9.68. The van der Waals surface area contributed by atoms with Crippen LogP contribution in [0.4, 0.5) is 0 Å². The maximum absolute atomic E-state index is 11.5. The number of ether oxygens (including phenoxy) is 1. The van der Waals surface area contributed by atoms with E-state index in [1.54, 1.807) is 6.20 Å². The van der Waals surface area contributed by atoms with Gasteiger partial charge in [-0.1, -0.05) is 19.3 Å². The van der Waals surface area contributed by atoms with Crippen molar-refractivity contribution in [2.24, 2.45) is 0 Å². The molecule has 1 fully saturated rings. The molecule has 0 bridgehead atoms. The van der Waals surface area contributed by atoms with Gasteiger partial charge in [-0.05, 0) is 12.8 Å². The first-order chi connectivity index (χ1) is 8.36. The predicted octanol–water partition coefficient (Wildman–Crippen LogP) is 1.49. The molecule has 1 aliphatic rings. The molecule has 0 radical (unpaired) electrons. The molecule has 1 heterocycles. The maximum atomic E-state index is 11.5. The lowest BCUT2D eigenvalue weighted by Crippen LogP contribution is -2.29. The maximum Gasteiger partial charge on any atom is 0.254 e. The molecule has 2 N–H and O–H groups in total. The van der Waals surface area contributed by atoms with Gasteiger partial charge >= 0.3 is 0 Å². The van der Waals surface area contributed by atoms with Gasteiger partial charge in [0.2, 0.25) is 0 Å². The number of nitrogens with one attached hydrogen (secondary N) is 2. The highest BCUT2D eigenvalue weighted by molar-refractivity contribution is 5.93. The molecular weight excluding hydrogens is 218 g/mol. The number of aromatic amines is 1. The van der Waals surface area contributed by atoms with Crippen LogP contribution in [0.5, 0.6) is 0 Å². The van der Waals surface area contributed by atoms with Crippen LogP contribution < -0.4 is 5.32 Å². The fourth-order valence-corrected chi connectivity index (χ4v) is 2.10. The molecule has 0 aliphatic heterocycles. The second kappa shape index (κ2) is 6.39. The van der Waals surface area contributed by atoms with Gasteiger partial charge in [0.05, 0.1) is 24.5 Å². The lowest BCUT2D eigenvalue weighted by atomic mass is 9.98. The zero-order chi connectivity index (χ0) is 11.9. The third-order valence-electron chi connectivity index (χ3n) is 3.05. The molecule has 0 saturated heterocycles. The summed E-state index contributed by atoms with van der Waals surface area (Å²) in [5.41, 5.74) is 0.558. The highest BCUT2D eigenvalue weighted by Gasteiger charge is 2.13. The number of hydrogen-bond donors (Lipinski definition) is 2. The van der Waals surface area contributed by atoms with Gasteiger partial charge in [0.25, 0.3) is 5.91 Å². The van der Waals surface area contributed by atoms with E-state index in [0.29, 0.717) is 24.8 Å². The van der Waals surface area contributed by atoms with E-state index < -0.39 is 0 Å². The SMILES string of the molecule is O=C(NCCOC1CCCCC1)c1cn[nH]c1. The number of aromatic nitrogens is 2. The number of nitrogens with zero attached hydrogens (tertiary/aromatic N) is 1. The minimum Gasteiger partial charge on any atom is -0.376 e. The fraction of sp³-hybridized carbons (Fsp3) is 0.667. The van der Waals surface area contributed by atoms with Gasteiger partial charge in [-0.25, -0.2) is 0 Å². The molecule has 5 nitrogen and oxygen atoms in total. The standard InChI is InChI=1S/C12H19N3O2/c16-12(10-8-14-15-9-10)13-6-7-17-11-4-2-1-3-5-11/h8-9,11H,1-7H2,(H,13,16)(H,14,15). The second-order valence-corrected chi connectivity index (χ2v) is 4.37. The van der Waals surface area contributed by atoms with Crippen LogP contribution in [-0.4, -0.2) is 35.4 Å². The molecule has 0 spiro atoms. The van der Waals surface area contributed by atoms with Crippen LogP contribution in [0.15, 0.2) is 12.4 Å². The van der Waals surface area contributed by atoms with Gasteiger partial charge in [-0.15, -0.1) is 0 Å². The molecule has 5 heteroatoms. The van der Waals surface area contributed by atoms with E-state index in [9.17, 15) is 4.79 Å². The van der Waals surface area contributed by atoms with Crippen LogP contribution in [0.25, 0.3) is 0 Å². The van der Waals surface area contributed by atoms with E-state index in [4.69, 9.17) is 4.74 Å². The van der Waals surface area contributed by atoms with Crippen molar-refractivity contribution in [3.05, 3.63) is 18.0 Å². The normalized spacial score (nSPS) is 16.9. The Balaban J connectivity index is 1.58. The van der Waals surface area contributed by atoms with Crippen molar-refractivity contribution in [1.29, 1.82) is 0 Å². The number of carbonyl (C=O) groups is 1. The topological polar surface area (TPSA) is 67.0 Å². The first-order valence-corrected chi connectivity index (χ1v) is 6.25. The zero-order valence-corrected chi connectivity index (χ0v) is 9.95. The van der Waals surface area contributed by atoms with Crippen molar-refractivity contribution in [3.63, 3.8) is 0 Å². The van der Waals surface area contributed by atoms with Crippen LogP contribution in [-0.2, 0) is 4.74 Å². The highest BCUT2D eigenvalue weighted by atomic mass is 16.5. The van der Waals surface area contributed by atoms with Crippen LogP contribution in [0.1, 0.15) is 42.5 Å². The van der Waals surface area contributed by atoms with Crippen LogP contribution in [0.2, 0.25) is 0 Å². The lowest BCUT2D eigenvalue weighted by Gasteiger charge is -2.21. The number of rotatable bonds is 5. The van der Waals surface area contributed by atoms with Crippen molar-refractivity contribution in [1.82, 2.24) is 15.5 Å². The van der Waals surface area contributed by atoms with Crippen molar-refractivity contribution < 1.29 is 9.53 Å². The fourth-order valence-electron chi connectivity index (χ4n) is 2.10. The van der Waals surface area contributed by atoms with E-state index in [1.807, 2.05) is 0 Å². The molecule has 0 atom stereocenters. The molecule has 1 amide bonds. The minimum absolute atomic E-state index is 0.106. The van der Waals surface area contributed by atoms with Crippen LogP contribution in [0, 0.1) is 0 Å².